The lowest BCUT2D eigenvalue weighted by molar-refractivity contribution is 0.601. The number of fused-ring (bicyclic) bond motifs is 1. The van der Waals surface area contributed by atoms with Crippen molar-refractivity contribution in [2.24, 2.45) is 0 Å². The van der Waals surface area contributed by atoms with Crippen molar-refractivity contribution in [1.82, 2.24) is 13.7 Å². The maximum absolute atomic E-state index is 12.4. The van der Waals surface area contributed by atoms with Gasteiger partial charge in [0, 0.05) is 0 Å². The summed E-state index contributed by atoms with van der Waals surface area (Å²) in [6.45, 7) is 0. The molecular formula is C11H9N5O2S2. The van der Waals surface area contributed by atoms with Crippen LogP contribution in [0.15, 0.2) is 41.4 Å². The fraction of sp³-hybridized carbons (Fsp3) is 0. The average molecular weight is 307 g/mol. The molecule has 2 heterocycles. The second-order valence-electron chi connectivity index (χ2n) is 3.97. The molecule has 0 spiro atoms. The Labute approximate surface area is 118 Å². The van der Waals surface area contributed by atoms with Gasteiger partial charge in [-0.3, -0.25) is 4.72 Å². The minimum absolute atomic E-state index is 0.0716. The molecule has 0 aliphatic carbocycles. The quantitative estimate of drug-likeness (QED) is 0.758. The summed E-state index contributed by atoms with van der Waals surface area (Å²) in [5.41, 5.74) is 6.85. The molecule has 0 aliphatic rings. The van der Waals surface area contributed by atoms with Crippen LogP contribution in [-0.4, -0.2) is 22.1 Å². The maximum atomic E-state index is 12.4. The van der Waals surface area contributed by atoms with Gasteiger partial charge in [-0.2, -0.15) is 8.75 Å². The zero-order valence-electron chi connectivity index (χ0n) is 10.0. The Hall–Kier alpha value is -2.26. The third-order valence-corrected chi connectivity index (χ3v) is 4.49. The standard InChI is InChI=1S/C11H9N5O2S2/c12-7-4-5-10(13-6-7)16-20(17,18)9-3-1-2-8-11(9)15-19-14-8/h1-6H,12H2,(H,13,16). The predicted molar refractivity (Wildman–Crippen MR) is 76.9 cm³/mol. The van der Waals surface area contributed by atoms with Crippen molar-refractivity contribution < 1.29 is 8.42 Å². The van der Waals surface area contributed by atoms with Gasteiger partial charge in [0.15, 0.2) is 0 Å². The Morgan fingerprint density at radius 3 is 2.75 bits per heavy atom. The number of nitrogens with two attached hydrogens (primary N) is 1. The van der Waals surface area contributed by atoms with E-state index in [1.807, 2.05) is 0 Å². The summed E-state index contributed by atoms with van der Waals surface area (Å²) in [5, 5.41) is 0. The smallest absolute Gasteiger partial charge is 0.265 e. The van der Waals surface area contributed by atoms with Crippen LogP contribution in [-0.2, 0) is 10.0 Å². The number of pyridine rings is 1. The van der Waals surface area contributed by atoms with E-state index in [0.717, 1.165) is 11.7 Å². The molecule has 0 aliphatic heterocycles. The molecule has 0 amide bonds. The normalized spacial score (nSPS) is 11.6. The molecule has 0 saturated heterocycles. The molecule has 3 N–H and O–H groups in total. The highest BCUT2D eigenvalue weighted by Gasteiger charge is 2.19. The molecule has 7 nitrogen and oxygen atoms in total. The number of aromatic nitrogens is 3. The van der Waals surface area contributed by atoms with Crippen molar-refractivity contribution in [3.8, 4) is 0 Å². The summed E-state index contributed by atoms with van der Waals surface area (Å²) in [6.07, 6.45) is 1.38. The first-order valence-electron chi connectivity index (χ1n) is 5.52. The minimum Gasteiger partial charge on any atom is -0.397 e. The highest BCUT2D eigenvalue weighted by atomic mass is 32.2. The van der Waals surface area contributed by atoms with E-state index in [9.17, 15) is 8.42 Å². The minimum atomic E-state index is -3.77. The number of nitrogen functional groups attached to an aromatic ring is 1. The Bertz CT molecular complexity index is 858. The van der Waals surface area contributed by atoms with Crippen LogP contribution in [0.2, 0.25) is 0 Å². The molecule has 20 heavy (non-hydrogen) atoms. The van der Waals surface area contributed by atoms with Crippen LogP contribution in [0.3, 0.4) is 0 Å². The number of hydrogen-bond acceptors (Lipinski definition) is 7. The van der Waals surface area contributed by atoms with Crippen molar-refractivity contribution >= 4 is 44.3 Å². The topological polar surface area (TPSA) is 111 Å². The molecule has 0 bridgehead atoms. The highest BCUT2D eigenvalue weighted by Crippen LogP contribution is 2.23. The van der Waals surface area contributed by atoms with E-state index in [1.165, 1.54) is 18.3 Å². The van der Waals surface area contributed by atoms with Crippen molar-refractivity contribution in [2.75, 3.05) is 10.5 Å². The number of rotatable bonds is 3. The monoisotopic (exact) mass is 307 g/mol. The van der Waals surface area contributed by atoms with E-state index in [2.05, 4.69) is 18.5 Å². The van der Waals surface area contributed by atoms with Gasteiger partial charge in [-0.15, -0.1) is 0 Å². The van der Waals surface area contributed by atoms with Crippen LogP contribution >= 0.6 is 11.7 Å². The first-order valence-corrected chi connectivity index (χ1v) is 7.73. The van der Waals surface area contributed by atoms with Gasteiger partial charge in [0.05, 0.1) is 23.6 Å². The van der Waals surface area contributed by atoms with E-state index in [4.69, 9.17) is 5.73 Å². The van der Waals surface area contributed by atoms with Gasteiger partial charge in [-0.05, 0) is 24.3 Å². The van der Waals surface area contributed by atoms with Gasteiger partial charge in [-0.25, -0.2) is 13.4 Å². The number of nitrogens with zero attached hydrogens (tertiary/aromatic N) is 3. The average Bonchev–Trinajstić information content (AvgIpc) is 2.89. The summed E-state index contributed by atoms with van der Waals surface area (Å²) in [5.74, 6) is 0.194. The van der Waals surface area contributed by atoms with E-state index in [-0.39, 0.29) is 10.7 Å². The Kier molecular flexibility index (Phi) is 2.99. The number of hydrogen-bond donors (Lipinski definition) is 2. The molecule has 3 aromatic rings. The molecule has 0 unspecified atom stereocenters. The SMILES string of the molecule is Nc1ccc(NS(=O)(=O)c2cccc3nsnc23)nc1. The zero-order chi connectivity index (χ0) is 14.2. The molecule has 0 saturated carbocycles. The van der Waals surface area contributed by atoms with Crippen molar-refractivity contribution in [3.05, 3.63) is 36.5 Å². The molecule has 1 aromatic carbocycles. The summed E-state index contributed by atoms with van der Waals surface area (Å²) in [7, 11) is -3.77. The summed E-state index contributed by atoms with van der Waals surface area (Å²) >= 11 is 0.967. The Morgan fingerprint density at radius 2 is 2.00 bits per heavy atom. The number of benzene rings is 1. The van der Waals surface area contributed by atoms with Crippen molar-refractivity contribution in [2.45, 2.75) is 4.90 Å². The molecule has 0 atom stereocenters. The maximum Gasteiger partial charge on any atom is 0.265 e. The van der Waals surface area contributed by atoms with Crippen LogP contribution in [0.1, 0.15) is 0 Å². The molecule has 102 valence electrons. The van der Waals surface area contributed by atoms with Crippen LogP contribution in [0, 0.1) is 0 Å². The van der Waals surface area contributed by atoms with E-state index < -0.39 is 10.0 Å². The zero-order valence-corrected chi connectivity index (χ0v) is 11.6. The van der Waals surface area contributed by atoms with Gasteiger partial charge >= 0.3 is 0 Å². The van der Waals surface area contributed by atoms with Gasteiger partial charge in [0.25, 0.3) is 10.0 Å². The van der Waals surface area contributed by atoms with Gasteiger partial charge in [-0.1, -0.05) is 6.07 Å². The lowest BCUT2D eigenvalue weighted by Gasteiger charge is -2.07. The van der Waals surface area contributed by atoms with Crippen molar-refractivity contribution in [3.63, 3.8) is 0 Å². The van der Waals surface area contributed by atoms with Crippen LogP contribution < -0.4 is 10.5 Å². The lowest BCUT2D eigenvalue weighted by Crippen LogP contribution is -2.14. The second-order valence-corrected chi connectivity index (χ2v) is 6.15. The number of anilines is 2. The first-order chi connectivity index (χ1) is 9.56. The van der Waals surface area contributed by atoms with Crippen LogP contribution in [0.25, 0.3) is 11.0 Å². The summed E-state index contributed by atoms with van der Waals surface area (Å²) in [6, 6.07) is 7.86. The van der Waals surface area contributed by atoms with E-state index in [0.29, 0.717) is 16.7 Å². The van der Waals surface area contributed by atoms with Crippen LogP contribution in [0.4, 0.5) is 11.5 Å². The Balaban J connectivity index is 2.03. The first kappa shape index (κ1) is 12.8. The fourth-order valence-corrected chi connectivity index (χ4v) is 3.43. The number of sulfonamides is 1. The fourth-order valence-electron chi connectivity index (χ4n) is 1.66. The summed E-state index contributed by atoms with van der Waals surface area (Å²) < 4.78 is 35.1. The molecule has 3 rings (SSSR count). The van der Waals surface area contributed by atoms with E-state index >= 15 is 0 Å². The lowest BCUT2D eigenvalue weighted by atomic mass is 10.3. The van der Waals surface area contributed by atoms with Gasteiger partial charge in [0.2, 0.25) is 0 Å². The third kappa shape index (κ3) is 2.28. The molecular weight excluding hydrogens is 298 g/mol. The number of nitrogens with one attached hydrogen (secondary N) is 1. The predicted octanol–water partition coefficient (Wildman–Crippen LogP) is 1.47. The molecule has 9 heteroatoms. The van der Waals surface area contributed by atoms with Crippen molar-refractivity contribution in [1.29, 1.82) is 0 Å². The molecule has 0 radical (unpaired) electrons. The summed E-state index contributed by atoms with van der Waals surface area (Å²) in [4.78, 5) is 3.98. The van der Waals surface area contributed by atoms with Gasteiger partial charge in [0.1, 0.15) is 21.7 Å². The Morgan fingerprint density at radius 1 is 1.15 bits per heavy atom. The molecule has 2 aromatic heterocycles. The third-order valence-electron chi connectivity index (χ3n) is 2.56. The van der Waals surface area contributed by atoms with Gasteiger partial charge < -0.3 is 5.73 Å². The van der Waals surface area contributed by atoms with E-state index in [1.54, 1.807) is 18.2 Å². The largest absolute Gasteiger partial charge is 0.397 e. The van der Waals surface area contributed by atoms with Crippen LogP contribution in [0.5, 0.6) is 0 Å². The molecule has 0 fully saturated rings. The highest BCUT2D eigenvalue weighted by molar-refractivity contribution is 7.93. The second kappa shape index (κ2) is 4.69.